The largest absolute Gasteiger partial charge is 0.478 e. The van der Waals surface area contributed by atoms with E-state index in [1.807, 2.05) is 0 Å². The third-order valence-electron chi connectivity index (χ3n) is 2.60. The van der Waals surface area contributed by atoms with Gasteiger partial charge in [0.2, 0.25) is 0 Å². The normalized spacial score (nSPS) is 10.5. The van der Waals surface area contributed by atoms with Gasteiger partial charge in [-0.3, -0.25) is 0 Å². The van der Waals surface area contributed by atoms with E-state index in [-0.39, 0.29) is 21.2 Å². The van der Waals surface area contributed by atoms with E-state index in [2.05, 4.69) is 0 Å². The molecule has 2 rings (SSSR count). The lowest BCUT2D eigenvalue weighted by molar-refractivity contribution is 0.0682. The van der Waals surface area contributed by atoms with Gasteiger partial charge in [-0.2, -0.15) is 0 Å². The number of carbonyl (C=O) groups is 2. The third kappa shape index (κ3) is 3.70. The van der Waals surface area contributed by atoms with Crippen molar-refractivity contribution in [3.63, 3.8) is 0 Å². The molecular formula is C14H8Cl2O4S2. The van der Waals surface area contributed by atoms with Gasteiger partial charge >= 0.3 is 11.9 Å². The van der Waals surface area contributed by atoms with Crippen molar-refractivity contribution in [2.24, 2.45) is 0 Å². The van der Waals surface area contributed by atoms with E-state index < -0.39 is 11.9 Å². The maximum Gasteiger partial charge on any atom is 0.336 e. The molecule has 22 heavy (non-hydrogen) atoms. The molecule has 8 heteroatoms. The number of benzene rings is 2. The average Bonchev–Trinajstić information content (AvgIpc) is 2.46. The molecule has 0 unspecified atom stereocenters. The summed E-state index contributed by atoms with van der Waals surface area (Å²) in [6.07, 6.45) is 0. The fraction of sp³-hybridized carbons (Fsp3) is 0. The highest BCUT2D eigenvalue weighted by atomic mass is 35.5. The molecule has 0 aromatic heterocycles. The van der Waals surface area contributed by atoms with Gasteiger partial charge in [0.1, 0.15) is 0 Å². The molecule has 0 aliphatic carbocycles. The summed E-state index contributed by atoms with van der Waals surface area (Å²) in [5.41, 5.74) is 0.0999. The summed E-state index contributed by atoms with van der Waals surface area (Å²) in [7, 11) is 2.11. The van der Waals surface area contributed by atoms with E-state index >= 15 is 0 Å². The predicted molar refractivity (Wildman–Crippen MR) is 88.5 cm³/mol. The molecule has 0 saturated heterocycles. The second kappa shape index (κ2) is 7.28. The number of rotatable bonds is 5. The van der Waals surface area contributed by atoms with Gasteiger partial charge in [-0.25, -0.2) is 9.59 Å². The van der Waals surface area contributed by atoms with Crippen LogP contribution < -0.4 is 0 Å². The standard InChI is InChI=1S/C14H8Cl2O4S2/c15-9-5-1-3-7(13(17)18)11(9)21-22-12-8(14(19)20)4-2-6-10(12)16/h1-6H,(H,17,18)(H,19,20). The molecule has 0 aliphatic rings. The van der Waals surface area contributed by atoms with E-state index in [4.69, 9.17) is 23.2 Å². The third-order valence-corrected chi connectivity index (χ3v) is 6.00. The van der Waals surface area contributed by atoms with Crippen molar-refractivity contribution in [1.29, 1.82) is 0 Å². The summed E-state index contributed by atoms with van der Waals surface area (Å²) in [6.45, 7) is 0. The zero-order valence-electron chi connectivity index (χ0n) is 10.7. The fourth-order valence-corrected chi connectivity index (χ4v) is 4.99. The minimum atomic E-state index is -1.11. The van der Waals surface area contributed by atoms with Crippen LogP contribution in [-0.4, -0.2) is 22.2 Å². The van der Waals surface area contributed by atoms with Crippen molar-refractivity contribution in [2.45, 2.75) is 9.79 Å². The SMILES string of the molecule is O=C(O)c1cccc(Cl)c1SSc1c(Cl)cccc1C(=O)O. The molecule has 0 bridgehead atoms. The van der Waals surface area contributed by atoms with Crippen molar-refractivity contribution in [3.05, 3.63) is 57.6 Å². The van der Waals surface area contributed by atoms with Gasteiger partial charge in [-0.05, 0) is 45.9 Å². The Kier molecular flexibility index (Phi) is 5.63. The van der Waals surface area contributed by atoms with E-state index in [0.29, 0.717) is 9.79 Å². The number of carboxylic acid groups (broad SMARTS) is 2. The molecule has 4 nitrogen and oxygen atoms in total. The lowest BCUT2D eigenvalue weighted by Gasteiger charge is -2.10. The molecule has 0 amide bonds. The fourth-order valence-electron chi connectivity index (χ4n) is 1.61. The van der Waals surface area contributed by atoms with E-state index in [1.165, 1.54) is 12.1 Å². The minimum Gasteiger partial charge on any atom is -0.478 e. The van der Waals surface area contributed by atoms with Crippen LogP contribution in [0.1, 0.15) is 20.7 Å². The molecule has 2 aromatic carbocycles. The predicted octanol–water partition coefficient (Wildman–Crippen LogP) is 5.19. The lowest BCUT2D eigenvalue weighted by atomic mass is 10.2. The van der Waals surface area contributed by atoms with Crippen LogP contribution in [0.4, 0.5) is 0 Å². The summed E-state index contributed by atoms with van der Waals surface area (Å²) in [5, 5.41) is 18.9. The summed E-state index contributed by atoms with van der Waals surface area (Å²) < 4.78 is 0. The molecule has 2 aromatic rings. The summed E-state index contributed by atoms with van der Waals surface area (Å²) in [6, 6.07) is 9.09. The minimum absolute atomic E-state index is 0.0499. The molecule has 0 spiro atoms. The maximum absolute atomic E-state index is 11.2. The topological polar surface area (TPSA) is 74.6 Å². The Bertz CT molecular complexity index is 686. The number of aromatic carboxylic acids is 2. The summed E-state index contributed by atoms with van der Waals surface area (Å²) in [5.74, 6) is -2.22. The Balaban J connectivity index is 2.36. The molecule has 0 heterocycles. The smallest absolute Gasteiger partial charge is 0.336 e. The van der Waals surface area contributed by atoms with E-state index in [9.17, 15) is 19.8 Å². The Morgan fingerprint density at radius 1 is 0.773 bits per heavy atom. The van der Waals surface area contributed by atoms with E-state index in [1.54, 1.807) is 24.3 Å². The first-order chi connectivity index (χ1) is 10.4. The number of carboxylic acids is 2. The van der Waals surface area contributed by atoms with Crippen LogP contribution in [0, 0.1) is 0 Å². The first-order valence-electron chi connectivity index (χ1n) is 5.80. The molecule has 0 radical (unpaired) electrons. The Morgan fingerprint density at radius 3 is 1.45 bits per heavy atom. The monoisotopic (exact) mass is 374 g/mol. The van der Waals surface area contributed by atoms with Crippen molar-refractivity contribution in [3.8, 4) is 0 Å². The van der Waals surface area contributed by atoms with Gasteiger partial charge in [0.15, 0.2) is 0 Å². The lowest BCUT2D eigenvalue weighted by Crippen LogP contribution is -1.99. The van der Waals surface area contributed by atoms with Gasteiger partial charge in [0.25, 0.3) is 0 Å². The second-order valence-electron chi connectivity index (χ2n) is 4.01. The first-order valence-corrected chi connectivity index (χ1v) is 8.70. The maximum atomic E-state index is 11.2. The van der Waals surface area contributed by atoms with Crippen LogP contribution in [0.2, 0.25) is 10.0 Å². The quantitative estimate of drug-likeness (QED) is 0.701. The van der Waals surface area contributed by atoms with Crippen molar-refractivity contribution in [2.75, 3.05) is 0 Å². The van der Waals surface area contributed by atoms with Crippen LogP contribution in [-0.2, 0) is 0 Å². The number of hydrogen-bond acceptors (Lipinski definition) is 4. The van der Waals surface area contributed by atoms with Crippen LogP contribution in [0.25, 0.3) is 0 Å². The van der Waals surface area contributed by atoms with Gasteiger partial charge in [-0.1, -0.05) is 35.3 Å². The highest BCUT2D eigenvalue weighted by molar-refractivity contribution is 8.76. The van der Waals surface area contributed by atoms with Crippen LogP contribution >= 0.6 is 44.8 Å². The van der Waals surface area contributed by atoms with Crippen molar-refractivity contribution >= 4 is 56.7 Å². The average molecular weight is 375 g/mol. The summed E-state index contributed by atoms with van der Waals surface area (Å²) in [4.78, 5) is 23.1. The molecular weight excluding hydrogens is 367 g/mol. The highest BCUT2D eigenvalue weighted by Crippen LogP contribution is 2.45. The molecule has 0 fully saturated rings. The molecule has 114 valence electrons. The molecule has 0 aliphatic heterocycles. The number of halogens is 2. The van der Waals surface area contributed by atoms with Crippen molar-refractivity contribution in [1.82, 2.24) is 0 Å². The van der Waals surface area contributed by atoms with Gasteiger partial charge in [0.05, 0.1) is 31.0 Å². The van der Waals surface area contributed by atoms with Crippen LogP contribution in [0.15, 0.2) is 46.2 Å². The molecule has 0 saturated carbocycles. The zero-order valence-corrected chi connectivity index (χ0v) is 13.9. The first kappa shape index (κ1) is 17.0. The highest BCUT2D eigenvalue weighted by Gasteiger charge is 2.18. The van der Waals surface area contributed by atoms with Crippen LogP contribution in [0.5, 0.6) is 0 Å². The van der Waals surface area contributed by atoms with E-state index in [0.717, 1.165) is 21.6 Å². The van der Waals surface area contributed by atoms with Crippen LogP contribution in [0.3, 0.4) is 0 Å². The Labute approximate surface area is 143 Å². The molecule has 2 N–H and O–H groups in total. The van der Waals surface area contributed by atoms with Gasteiger partial charge in [0, 0.05) is 0 Å². The van der Waals surface area contributed by atoms with Crippen molar-refractivity contribution < 1.29 is 19.8 Å². The zero-order chi connectivity index (χ0) is 16.3. The van der Waals surface area contributed by atoms with Gasteiger partial charge < -0.3 is 10.2 Å². The molecule has 0 atom stereocenters. The Hall–Kier alpha value is -1.34. The summed E-state index contributed by atoms with van der Waals surface area (Å²) >= 11 is 12.1. The van der Waals surface area contributed by atoms with Gasteiger partial charge in [-0.15, -0.1) is 0 Å². The Morgan fingerprint density at radius 2 is 1.14 bits per heavy atom. The number of hydrogen-bond donors (Lipinski definition) is 2. The second-order valence-corrected chi connectivity index (χ2v) is 6.97.